The topological polar surface area (TPSA) is 49.9 Å². The van der Waals surface area contributed by atoms with E-state index in [2.05, 4.69) is 19.1 Å². The van der Waals surface area contributed by atoms with Crippen molar-refractivity contribution in [2.24, 2.45) is 0 Å². The Hall–Kier alpha value is -3.60. The third-order valence-electron chi connectivity index (χ3n) is 6.68. The van der Waals surface area contributed by atoms with E-state index >= 15 is 0 Å². The van der Waals surface area contributed by atoms with Crippen molar-refractivity contribution >= 4 is 23.2 Å². The lowest BCUT2D eigenvalue weighted by Crippen LogP contribution is -2.46. The van der Waals surface area contributed by atoms with Gasteiger partial charge in [-0.1, -0.05) is 37.3 Å². The van der Waals surface area contributed by atoms with Crippen LogP contribution in [0.15, 0.2) is 72.8 Å². The second kappa shape index (κ2) is 10.1. The number of carbonyl (C=O) groups is 2. The summed E-state index contributed by atoms with van der Waals surface area (Å²) >= 11 is 0. The maximum atomic E-state index is 13.8. The maximum absolute atomic E-state index is 13.8. The number of anilines is 2. The van der Waals surface area contributed by atoms with Gasteiger partial charge in [0.05, 0.1) is 13.0 Å². The number of nitrogens with zero attached hydrogens (tertiary/aromatic N) is 2. The van der Waals surface area contributed by atoms with Crippen molar-refractivity contribution in [1.82, 2.24) is 0 Å². The highest BCUT2D eigenvalue weighted by Gasteiger charge is 2.38. The van der Waals surface area contributed by atoms with E-state index in [0.29, 0.717) is 24.3 Å². The molecule has 176 valence electrons. The van der Waals surface area contributed by atoms with Crippen LogP contribution in [0.3, 0.4) is 0 Å². The minimum atomic E-state index is -0.308. The van der Waals surface area contributed by atoms with Crippen molar-refractivity contribution in [1.29, 1.82) is 0 Å². The Kier molecular flexibility index (Phi) is 7.01. The molecule has 1 heterocycles. The highest BCUT2D eigenvalue weighted by atomic mass is 16.5. The van der Waals surface area contributed by atoms with Gasteiger partial charge in [0.15, 0.2) is 0 Å². The van der Waals surface area contributed by atoms with Crippen LogP contribution in [0.5, 0.6) is 5.75 Å². The molecule has 5 nitrogen and oxygen atoms in total. The summed E-state index contributed by atoms with van der Waals surface area (Å²) < 4.78 is 5.23. The number of amides is 2. The predicted molar refractivity (Wildman–Crippen MR) is 137 cm³/mol. The second-order valence-electron chi connectivity index (χ2n) is 8.70. The van der Waals surface area contributed by atoms with Crippen LogP contribution in [0.25, 0.3) is 0 Å². The monoisotopic (exact) mass is 456 g/mol. The number of benzene rings is 3. The van der Waals surface area contributed by atoms with Crippen LogP contribution in [-0.2, 0) is 11.2 Å². The molecule has 0 radical (unpaired) electrons. The Morgan fingerprint density at radius 3 is 2.26 bits per heavy atom. The van der Waals surface area contributed by atoms with Crippen molar-refractivity contribution in [3.05, 3.63) is 89.5 Å². The molecule has 1 aliphatic heterocycles. The zero-order valence-corrected chi connectivity index (χ0v) is 20.3. The molecule has 2 atom stereocenters. The molecule has 3 aromatic rings. The largest absolute Gasteiger partial charge is 0.497 e. The Morgan fingerprint density at radius 2 is 1.65 bits per heavy atom. The molecule has 0 unspecified atom stereocenters. The quantitative estimate of drug-likeness (QED) is 0.469. The van der Waals surface area contributed by atoms with E-state index in [1.54, 1.807) is 31.4 Å². The summed E-state index contributed by atoms with van der Waals surface area (Å²) in [5.41, 5.74) is 4.45. The molecule has 0 aliphatic carbocycles. The number of ether oxygens (including phenoxy) is 1. The number of rotatable bonds is 6. The lowest BCUT2D eigenvalue weighted by molar-refractivity contribution is -0.120. The fourth-order valence-electron chi connectivity index (χ4n) is 4.79. The van der Waals surface area contributed by atoms with Crippen LogP contribution >= 0.6 is 0 Å². The van der Waals surface area contributed by atoms with E-state index in [1.165, 1.54) is 5.56 Å². The van der Waals surface area contributed by atoms with Gasteiger partial charge < -0.3 is 14.5 Å². The van der Waals surface area contributed by atoms with Gasteiger partial charge in [0, 0.05) is 29.5 Å². The standard InChI is InChI=1S/C29H32N2O3/c1-5-21-11-15-23(16-12-21)30(6-2)29(33)26-19-20(3)31(27-10-8-7-9-25(26)27)28(32)22-13-17-24(34-4)18-14-22/h7-18,20,26H,5-6,19H2,1-4H3/t20-,26-/m0/s1. The third kappa shape index (κ3) is 4.43. The number of para-hydroxylation sites is 1. The highest BCUT2D eigenvalue weighted by molar-refractivity contribution is 6.09. The van der Waals surface area contributed by atoms with E-state index in [1.807, 2.05) is 60.0 Å². The van der Waals surface area contributed by atoms with Crippen LogP contribution in [0.2, 0.25) is 0 Å². The molecule has 0 saturated carbocycles. The fourth-order valence-corrected chi connectivity index (χ4v) is 4.79. The number of fused-ring (bicyclic) bond motifs is 1. The lowest BCUT2D eigenvalue weighted by Gasteiger charge is -2.40. The fraction of sp³-hybridized carbons (Fsp3) is 0.310. The molecule has 0 fully saturated rings. The summed E-state index contributed by atoms with van der Waals surface area (Å²) in [7, 11) is 1.61. The van der Waals surface area contributed by atoms with Gasteiger partial charge in [-0.15, -0.1) is 0 Å². The summed E-state index contributed by atoms with van der Waals surface area (Å²) in [4.78, 5) is 31.0. The molecule has 0 bridgehead atoms. The average molecular weight is 457 g/mol. The molecule has 0 spiro atoms. The van der Waals surface area contributed by atoms with Crippen LogP contribution in [0.1, 0.15) is 54.6 Å². The summed E-state index contributed by atoms with van der Waals surface area (Å²) in [6.45, 7) is 6.73. The number of hydrogen-bond acceptors (Lipinski definition) is 3. The molecule has 3 aromatic carbocycles. The average Bonchev–Trinajstić information content (AvgIpc) is 2.88. The number of likely N-dealkylation sites (N-methyl/N-ethyl adjacent to an activating group) is 1. The Morgan fingerprint density at radius 1 is 0.971 bits per heavy atom. The molecule has 5 heteroatoms. The highest BCUT2D eigenvalue weighted by Crippen LogP contribution is 2.40. The molecule has 0 saturated heterocycles. The molecular formula is C29H32N2O3. The van der Waals surface area contributed by atoms with Gasteiger partial charge in [-0.2, -0.15) is 0 Å². The number of hydrogen-bond donors (Lipinski definition) is 0. The van der Waals surface area contributed by atoms with E-state index in [-0.39, 0.29) is 23.8 Å². The van der Waals surface area contributed by atoms with Gasteiger partial charge in [-0.05, 0) is 80.3 Å². The first-order valence-corrected chi connectivity index (χ1v) is 11.9. The zero-order valence-electron chi connectivity index (χ0n) is 20.3. The molecule has 0 aromatic heterocycles. The number of methoxy groups -OCH3 is 1. The maximum Gasteiger partial charge on any atom is 0.258 e. The smallest absolute Gasteiger partial charge is 0.258 e. The van der Waals surface area contributed by atoms with Crippen molar-refractivity contribution in [2.75, 3.05) is 23.5 Å². The Bertz CT molecular complexity index is 1150. The first-order chi connectivity index (χ1) is 16.5. The van der Waals surface area contributed by atoms with Crippen LogP contribution in [-0.4, -0.2) is 31.5 Å². The first kappa shape index (κ1) is 23.6. The second-order valence-corrected chi connectivity index (χ2v) is 8.70. The van der Waals surface area contributed by atoms with Gasteiger partial charge in [-0.25, -0.2) is 0 Å². The van der Waals surface area contributed by atoms with Gasteiger partial charge in [-0.3, -0.25) is 9.59 Å². The van der Waals surface area contributed by atoms with Gasteiger partial charge >= 0.3 is 0 Å². The van der Waals surface area contributed by atoms with Crippen LogP contribution < -0.4 is 14.5 Å². The van der Waals surface area contributed by atoms with Crippen LogP contribution in [0.4, 0.5) is 11.4 Å². The molecule has 0 N–H and O–H groups in total. The SMILES string of the molecule is CCc1ccc(N(CC)C(=O)[C@H]2C[C@H](C)N(C(=O)c3ccc(OC)cc3)c3ccccc32)cc1. The summed E-state index contributed by atoms with van der Waals surface area (Å²) in [6.07, 6.45) is 1.53. The van der Waals surface area contributed by atoms with E-state index in [4.69, 9.17) is 4.74 Å². The van der Waals surface area contributed by atoms with Crippen molar-refractivity contribution in [2.45, 2.75) is 45.6 Å². The van der Waals surface area contributed by atoms with Crippen molar-refractivity contribution < 1.29 is 14.3 Å². The normalized spacial score (nSPS) is 17.1. The summed E-state index contributed by atoms with van der Waals surface area (Å²) in [5, 5.41) is 0. The molecule has 1 aliphatic rings. The summed E-state index contributed by atoms with van der Waals surface area (Å²) in [5.74, 6) is 0.399. The Labute approximate surface area is 202 Å². The molecule has 34 heavy (non-hydrogen) atoms. The third-order valence-corrected chi connectivity index (χ3v) is 6.68. The van der Waals surface area contributed by atoms with Gasteiger partial charge in [0.25, 0.3) is 5.91 Å². The minimum Gasteiger partial charge on any atom is -0.497 e. The van der Waals surface area contributed by atoms with Crippen molar-refractivity contribution in [3.63, 3.8) is 0 Å². The van der Waals surface area contributed by atoms with E-state index in [9.17, 15) is 9.59 Å². The Balaban J connectivity index is 1.66. The molecule has 4 rings (SSSR count). The minimum absolute atomic E-state index is 0.0718. The van der Waals surface area contributed by atoms with Gasteiger partial charge in [0.2, 0.25) is 5.91 Å². The lowest BCUT2D eigenvalue weighted by atomic mass is 9.84. The molecule has 2 amide bonds. The van der Waals surface area contributed by atoms with Crippen molar-refractivity contribution in [3.8, 4) is 5.75 Å². The van der Waals surface area contributed by atoms with Gasteiger partial charge in [0.1, 0.15) is 5.75 Å². The first-order valence-electron chi connectivity index (χ1n) is 11.9. The zero-order chi connectivity index (χ0) is 24.2. The number of carbonyl (C=O) groups excluding carboxylic acids is 2. The number of aryl methyl sites for hydroxylation is 1. The van der Waals surface area contributed by atoms with E-state index < -0.39 is 0 Å². The molecular weight excluding hydrogens is 424 g/mol. The predicted octanol–water partition coefficient (Wildman–Crippen LogP) is 5.83. The summed E-state index contributed by atoms with van der Waals surface area (Å²) in [6, 6.07) is 23.0. The van der Waals surface area contributed by atoms with Crippen LogP contribution in [0, 0.1) is 0 Å². The van der Waals surface area contributed by atoms with E-state index in [0.717, 1.165) is 23.4 Å².